The summed E-state index contributed by atoms with van der Waals surface area (Å²) in [6, 6.07) is -0.396. The Morgan fingerprint density at radius 1 is 1.33 bits per heavy atom. The fourth-order valence-electron chi connectivity index (χ4n) is 2.80. The van der Waals surface area contributed by atoms with Crippen LogP contribution in [0.3, 0.4) is 0 Å². The van der Waals surface area contributed by atoms with Gasteiger partial charge in [-0.25, -0.2) is 4.79 Å². The summed E-state index contributed by atoms with van der Waals surface area (Å²) in [5.41, 5.74) is 0. The molecule has 2 aliphatic heterocycles. The Kier molecular flexibility index (Phi) is 4.22. The number of rotatable bonds is 2. The van der Waals surface area contributed by atoms with Crippen LogP contribution < -0.4 is 0 Å². The lowest BCUT2D eigenvalue weighted by Crippen LogP contribution is -2.50. The molecule has 0 aromatic carbocycles. The number of piperidine rings is 1. The van der Waals surface area contributed by atoms with Crippen molar-refractivity contribution in [2.75, 3.05) is 20.3 Å². The molecule has 2 rings (SSSR count). The molecule has 2 fully saturated rings. The topological polar surface area (TPSA) is 55.8 Å². The number of amides is 1. The van der Waals surface area contributed by atoms with Crippen LogP contribution in [0.25, 0.3) is 0 Å². The second-order valence-electron chi connectivity index (χ2n) is 5.14. The number of esters is 1. The highest BCUT2D eigenvalue weighted by atomic mass is 16.5. The normalized spacial score (nSPS) is 32.3. The lowest BCUT2D eigenvalue weighted by atomic mass is 9.98. The zero-order valence-electron chi connectivity index (χ0n) is 11.1. The van der Waals surface area contributed by atoms with Gasteiger partial charge in [-0.2, -0.15) is 0 Å². The summed E-state index contributed by atoms with van der Waals surface area (Å²) in [5, 5.41) is 0. The molecular formula is C13H21NO4. The van der Waals surface area contributed by atoms with E-state index in [9.17, 15) is 9.59 Å². The second-order valence-corrected chi connectivity index (χ2v) is 5.14. The minimum Gasteiger partial charge on any atom is -0.467 e. The molecule has 0 aromatic rings. The molecule has 102 valence electrons. The van der Waals surface area contributed by atoms with Crippen LogP contribution in [0.15, 0.2) is 0 Å². The molecule has 2 heterocycles. The van der Waals surface area contributed by atoms with Gasteiger partial charge in [0.25, 0.3) is 0 Å². The maximum absolute atomic E-state index is 12.4. The zero-order chi connectivity index (χ0) is 13.1. The monoisotopic (exact) mass is 255 g/mol. The van der Waals surface area contributed by atoms with Gasteiger partial charge in [0.05, 0.1) is 25.7 Å². The first-order chi connectivity index (χ1) is 8.63. The minimum atomic E-state index is -0.396. The van der Waals surface area contributed by atoms with E-state index in [2.05, 4.69) is 0 Å². The summed E-state index contributed by atoms with van der Waals surface area (Å²) in [5.74, 6) is -0.338. The van der Waals surface area contributed by atoms with Crippen LogP contribution in [0.1, 0.15) is 32.6 Å². The summed E-state index contributed by atoms with van der Waals surface area (Å²) < 4.78 is 10.2. The van der Waals surface area contributed by atoms with E-state index in [-0.39, 0.29) is 23.9 Å². The number of hydrogen-bond donors (Lipinski definition) is 0. The van der Waals surface area contributed by atoms with Gasteiger partial charge >= 0.3 is 5.97 Å². The van der Waals surface area contributed by atoms with Gasteiger partial charge in [-0.3, -0.25) is 4.79 Å². The van der Waals surface area contributed by atoms with Crippen molar-refractivity contribution in [3.05, 3.63) is 0 Å². The molecule has 5 nitrogen and oxygen atoms in total. The van der Waals surface area contributed by atoms with Crippen LogP contribution in [0.4, 0.5) is 0 Å². The Morgan fingerprint density at radius 2 is 2.11 bits per heavy atom. The third-order valence-corrected chi connectivity index (χ3v) is 3.81. The van der Waals surface area contributed by atoms with Crippen molar-refractivity contribution in [3.63, 3.8) is 0 Å². The summed E-state index contributed by atoms with van der Waals surface area (Å²) >= 11 is 0. The number of ether oxygens (including phenoxy) is 2. The van der Waals surface area contributed by atoms with Gasteiger partial charge in [-0.05, 0) is 32.6 Å². The smallest absolute Gasteiger partial charge is 0.328 e. The van der Waals surface area contributed by atoms with Gasteiger partial charge in [0.1, 0.15) is 6.04 Å². The van der Waals surface area contributed by atoms with Crippen LogP contribution >= 0.6 is 0 Å². The predicted octanol–water partition coefficient (Wildman–Crippen LogP) is 0.965. The molecule has 0 saturated carbocycles. The lowest BCUT2D eigenvalue weighted by molar-refractivity contribution is -0.156. The highest BCUT2D eigenvalue weighted by molar-refractivity contribution is 5.86. The van der Waals surface area contributed by atoms with Crippen molar-refractivity contribution >= 4 is 11.9 Å². The third-order valence-electron chi connectivity index (χ3n) is 3.81. The van der Waals surface area contributed by atoms with Crippen LogP contribution in [0, 0.1) is 5.92 Å². The van der Waals surface area contributed by atoms with Crippen LogP contribution in [-0.4, -0.2) is 49.2 Å². The van der Waals surface area contributed by atoms with Crippen LogP contribution in [0.5, 0.6) is 0 Å². The predicted molar refractivity (Wildman–Crippen MR) is 64.9 cm³/mol. The second kappa shape index (κ2) is 5.69. The maximum atomic E-state index is 12.4. The van der Waals surface area contributed by atoms with Gasteiger partial charge in [0.15, 0.2) is 0 Å². The zero-order valence-corrected chi connectivity index (χ0v) is 11.1. The number of hydrogen-bond acceptors (Lipinski definition) is 4. The number of methoxy groups -OCH3 is 1. The van der Waals surface area contributed by atoms with Crippen molar-refractivity contribution in [2.45, 2.75) is 44.8 Å². The van der Waals surface area contributed by atoms with E-state index >= 15 is 0 Å². The molecule has 3 unspecified atom stereocenters. The van der Waals surface area contributed by atoms with E-state index in [1.807, 2.05) is 6.92 Å². The van der Waals surface area contributed by atoms with Crippen molar-refractivity contribution < 1.29 is 19.1 Å². The van der Waals surface area contributed by atoms with Crippen LogP contribution in [-0.2, 0) is 19.1 Å². The average Bonchev–Trinajstić information content (AvgIpc) is 2.83. The SMILES string of the molecule is COC(=O)C1CCCCN1C(=O)C1COC(C)C1. The third kappa shape index (κ3) is 2.66. The minimum absolute atomic E-state index is 0.0504. The highest BCUT2D eigenvalue weighted by Crippen LogP contribution is 2.26. The molecular weight excluding hydrogens is 234 g/mol. The van der Waals surface area contributed by atoms with Gasteiger partial charge in [-0.15, -0.1) is 0 Å². The van der Waals surface area contributed by atoms with E-state index < -0.39 is 6.04 Å². The van der Waals surface area contributed by atoms with Gasteiger partial charge in [0, 0.05) is 6.54 Å². The molecule has 5 heteroatoms. The Bertz CT molecular complexity index is 331. The number of nitrogens with zero attached hydrogens (tertiary/aromatic N) is 1. The molecule has 2 saturated heterocycles. The number of likely N-dealkylation sites (tertiary alicyclic amines) is 1. The van der Waals surface area contributed by atoms with Crippen molar-refractivity contribution in [1.82, 2.24) is 4.90 Å². The van der Waals surface area contributed by atoms with E-state index in [1.165, 1.54) is 7.11 Å². The van der Waals surface area contributed by atoms with Crippen molar-refractivity contribution in [2.24, 2.45) is 5.92 Å². The first kappa shape index (κ1) is 13.3. The Morgan fingerprint density at radius 3 is 2.72 bits per heavy atom. The first-order valence-corrected chi connectivity index (χ1v) is 6.63. The Hall–Kier alpha value is -1.10. The molecule has 0 radical (unpaired) electrons. The summed E-state index contributed by atoms with van der Waals surface area (Å²) in [7, 11) is 1.38. The molecule has 3 atom stereocenters. The number of carbonyl (C=O) groups excluding carboxylic acids is 2. The van der Waals surface area contributed by atoms with E-state index in [0.717, 1.165) is 19.3 Å². The fraction of sp³-hybridized carbons (Fsp3) is 0.846. The van der Waals surface area contributed by atoms with E-state index in [1.54, 1.807) is 4.90 Å². The maximum Gasteiger partial charge on any atom is 0.328 e. The largest absolute Gasteiger partial charge is 0.467 e. The van der Waals surface area contributed by atoms with Gasteiger partial charge in [-0.1, -0.05) is 0 Å². The molecule has 0 spiro atoms. The lowest BCUT2D eigenvalue weighted by Gasteiger charge is -2.35. The van der Waals surface area contributed by atoms with E-state index in [4.69, 9.17) is 9.47 Å². The molecule has 18 heavy (non-hydrogen) atoms. The van der Waals surface area contributed by atoms with Crippen molar-refractivity contribution in [3.8, 4) is 0 Å². The number of carbonyl (C=O) groups is 2. The summed E-state index contributed by atoms with van der Waals surface area (Å²) in [4.78, 5) is 25.8. The molecule has 0 aromatic heterocycles. The van der Waals surface area contributed by atoms with E-state index in [0.29, 0.717) is 19.6 Å². The standard InChI is InChI=1S/C13H21NO4/c1-9-7-10(8-18-9)12(15)14-6-4-3-5-11(14)13(16)17-2/h9-11H,3-8H2,1-2H3. The molecule has 1 amide bonds. The Balaban J connectivity index is 2.04. The van der Waals surface area contributed by atoms with Crippen molar-refractivity contribution in [1.29, 1.82) is 0 Å². The summed E-state index contributed by atoms with van der Waals surface area (Å²) in [6.45, 7) is 3.11. The van der Waals surface area contributed by atoms with Gasteiger partial charge in [0.2, 0.25) is 5.91 Å². The Labute approximate surface area is 107 Å². The highest BCUT2D eigenvalue weighted by Gasteiger charge is 2.38. The molecule has 0 bridgehead atoms. The molecule has 0 aliphatic carbocycles. The van der Waals surface area contributed by atoms with Crippen LogP contribution in [0.2, 0.25) is 0 Å². The molecule has 2 aliphatic rings. The molecule has 0 N–H and O–H groups in total. The average molecular weight is 255 g/mol. The fourth-order valence-corrected chi connectivity index (χ4v) is 2.80. The van der Waals surface area contributed by atoms with Gasteiger partial charge < -0.3 is 14.4 Å². The quantitative estimate of drug-likeness (QED) is 0.690. The summed E-state index contributed by atoms with van der Waals surface area (Å²) in [6.07, 6.45) is 3.54. The first-order valence-electron chi connectivity index (χ1n) is 6.63.